The molecular weight excluding hydrogens is 246 g/mol. The molecule has 1 fully saturated rings. The van der Waals surface area contributed by atoms with Crippen molar-refractivity contribution in [2.75, 3.05) is 7.11 Å². The van der Waals surface area contributed by atoms with Crippen molar-refractivity contribution in [2.45, 2.75) is 64.5 Å². The highest BCUT2D eigenvalue weighted by Gasteiger charge is 2.32. The Labute approximate surface area is 115 Å². The highest BCUT2D eigenvalue weighted by atomic mass is 16.6. The maximum atomic E-state index is 11.8. The molecule has 1 aliphatic carbocycles. The Morgan fingerprint density at radius 3 is 2.32 bits per heavy atom. The largest absolute Gasteiger partial charge is 0.469 e. The quantitative estimate of drug-likeness (QED) is 0.619. The van der Waals surface area contributed by atoms with E-state index < -0.39 is 11.7 Å². The van der Waals surface area contributed by atoms with Gasteiger partial charge in [-0.3, -0.25) is 4.79 Å². The van der Waals surface area contributed by atoms with E-state index >= 15 is 0 Å². The summed E-state index contributed by atoms with van der Waals surface area (Å²) in [7, 11) is 1.39. The van der Waals surface area contributed by atoms with Gasteiger partial charge in [0.05, 0.1) is 13.0 Å². The van der Waals surface area contributed by atoms with Crippen LogP contribution in [0.15, 0.2) is 0 Å². The van der Waals surface area contributed by atoms with Gasteiger partial charge in [-0.2, -0.15) is 0 Å². The van der Waals surface area contributed by atoms with Crippen molar-refractivity contribution >= 4 is 12.1 Å². The van der Waals surface area contributed by atoms with Crippen molar-refractivity contribution in [3.8, 4) is 0 Å². The lowest BCUT2D eigenvalue weighted by Crippen LogP contribution is -2.45. The van der Waals surface area contributed by atoms with Gasteiger partial charge >= 0.3 is 12.1 Å². The number of esters is 1. The summed E-state index contributed by atoms with van der Waals surface area (Å²) in [6.07, 6.45) is 4.17. The molecule has 1 amide bonds. The molecule has 0 aromatic heterocycles. The Hall–Kier alpha value is -1.26. The fraction of sp³-hybridized carbons (Fsp3) is 0.857. The average Bonchev–Trinajstić information content (AvgIpc) is 2.51. The third-order valence-electron chi connectivity index (χ3n) is 3.22. The van der Waals surface area contributed by atoms with Gasteiger partial charge in [0.15, 0.2) is 0 Å². The van der Waals surface area contributed by atoms with Crippen LogP contribution in [0.2, 0.25) is 0 Å². The maximum Gasteiger partial charge on any atom is 0.407 e. The van der Waals surface area contributed by atoms with Gasteiger partial charge in [-0.15, -0.1) is 0 Å². The van der Waals surface area contributed by atoms with Gasteiger partial charge in [0.25, 0.3) is 0 Å². The molecule has 0 bridgehead atoms. The number of carbonyl (C=O) groups excluding carboxylic acids is 2. The van der Waals surface area contributed by atoms with Crippen LogP contribution in [0.1, 0.15) is 52.9 Å². The molecule has 0 radical (unpaired) electrons. The van der Waals surface area contributed by atoms with Gasteiger partial charge in [0, 0.05) is 6.04 Å². The van der Waals surface area contributed by atoms with Crippen LogP contribution < -0.4 is 5.32 Å². The number of amides is 1. The molecule has 110 valence electrons. The lowest BCUT2D eigenvalue weighted by molar-refractivity contribution is -0.146. The highest BCUT2D eigenvalue weighted by Crippen LogP contribution is 2.25. The van der Waals surface area contributed by atoms with Crippen LogP contribution in [0.25, 0.3) is 0 Å². The minimum absolute atomic E-state index is 0.190. The number of rotatable bonds is 2. The molecule has 0 unspecified atom stereocenters. The normalized spacial score (nSPS) is 24.2. The zero-order valence-electron chi connectivity index (χ0n) is 12.3. The van der Waals surface area contributed by atoms with Crippen LogP contribution in [0.4, 0.5) is 4.79 Å². The lowest BCUT2D eigenvalue weighted by atomic mass is 9.95. The number of carbonyl (C=O) groups is 2. The number of hydrogen-bond acceptors (Lipinski definition) is 4. The van der Waals surface area contributed by atoms with Crippen molar-refractivity contribution < 1.29 is 19.1 Å². The van der Waals surface area contributed by atoms with Crippen molar-refractivity contribution in [2.24, 2.45) is 5.92 Å². The number of hydrogen-bond donors (Lipinski definition) is 1. The maximum absolute atomic E-state index is 11.8. The van der Waals surface area contributed by atoms with E-state index in [0.717, 1.165) is 32.1 Å². The second-order valence-corrected chi connectivity index (χ2v) is 6.02. The summed E-state index contributed by atoms with van der Waals surface area (Å²) in [4.78, 5) is 23.6. The second-order valence-electron chi connectivity index (χ2n) is 6.02. The number of methoxy groups -OCH3 is 1. The third kappa shape index (κ3) is 5.49. The van der Waals surface area contributed by atoms with Crippen molar-refractivity contribution in [1.29, 1.82) is 0 Å². The van der Waals surface area contributed by atoms with Gasteiger partial charge in [-0.25, -0.2) is 4.79 Å². The Morgan fingerprint density at radius 1 is 1.11 bits per heavy atom. The minimum atomic E-state index is -0.532. The molecule has 1 rings (SSSR count). The molecular formula is C14H25NO4. The van der Waals surface area contributed by atoms with E-state index in [4.69, 9.17) is 9.47 Å². The fourth-order valence-corrected chi connectivity index (χ4v) is 2.37. The standard InChI is InChI=1S/C14H25NO4/c1-14(2,3)19-13(17)15-11-9-7-5-6-8-10(11)12(16)18-4/h10-11H,5-9H2,1-4H3,(H,15,17)/t10-,11-/m0/s1. The zero-order valence-corrected chi connectivity index (χ0v) is 12.3. The molecule has 0 aromatic rings. The molecule has 5 nitrogen and oxygen atoms in total. The van der Waals surface area contributed by atoms with E-state index in [1.165, 1.54) is 7.11 Å². The first kappa shape index (κ1) is 15.8. The predicted molar refractivity (Wildman–Crippen MR) is 71.7 cm³/mol. The molecule has 0 saturated heterocycles. The average molecular weight is 271 g/mol. The molecule has 1 N–H and O–H groups in total. The smallest absolute Gasteiger partial charge is 0.407 e. The SMILES string of the molecule is COC(=O)[C@H]1CCCCC[C@@H]1NC(=O)OC(C)(C)C. The molecule has 19 heavy (non-hydrogen) atoms. The van der Waals surface area contributed by atoms with E-state index in [1.54, 1.807) is 0 Å². The Bertz CT molecular complexity index is 322. The van der Waals surface area contributed by atoms with Gasteiger partial charge in [-0.05, 0) is 33.6 Å². The van der Waals surface area contributed by atoms with E-state index in [-0.39, 0.29) is 17.9 Å². The number of ether oxygens (including phenoxy) is 2. The molecule has 0 aromatic carbocycles. The summed E-state index contributed by atoms with van der Waals surface area (Å²) in [6, 6.07) is -0.190. The number of nitrogens with one attached hydrogen (secondary N) is 1. The first-order chi connectivity index (χ1) is 8.83. The van der Waals surface area contributed by atoms with Crippen LogP contribution in [0.5, 0.6) is 0 Å². The fourth-order valence-electron chi connectivity index (χ4n) is 2.37. The monoisotopic (exact) mass is 271 g/mol. The molecule has 1 aliphatic rings. The van der Waals surface area contributed by atoms with E-state index in [9.17, 15) is 9.59 Å². The molecule has 1 saturated carbocycles. The predicted octanol–water partition coefficient (Wildman–Crippen LogP) is 2.63. The summed E-state index contributed by atoms with van der Waals surface area (Å²) in [5.74, 6) is -0.511. The Morgan fingerprint density at radius 2 is 1.74 bits per heavy atom. The first-order valence-electron chi connectivity index (χ1n) is 6.91. The summed E-state index contributed by atoms with van der Waals surface area (Å²) in [5.41, 5.74) is -0.532. The van der Waals surface area contributed by atoms with Gasteiger partial charge in [0.2, 0.25) is 0 Å². The van der Waals surface area contributed by atoms with Crippen LogP contribution in [0, 0.1) is 5.92 Å². The second kappa shape index (κ2) is 6.78. The highest BCUT2D eigenvalue weighted by molar-refractivity contribution is 5.75. The lowest BCUT2D eigenvalue weighted by Gasteiger charge is -2.26. The molecule has 2 atom stereocenters. The van der Waals surface area contributed by atoms with Crippen LogP contribution in [-0.2, 0) is 14.3 Å². The van der Waals surface area contributed by atoms with E-state index in [2.05, 4.69) is 5.32 Å². The summed E-state index contributed by atoms with van der Waals surface area (Å²) in [6.45, 7) is 5.45. The first-order valence-corrected chi connectivity index (χ1v) is 6.91. The molecule has 0 heterocycles. The van der Waals surface area contributed by atoms with Gasteiger partial charge < -0.3 is 14.8 Å². The molecule has 0 spiro atoms. The van der Waals surface area contributed by atoms with Crippen molar-refractivity contribution in [3.63, 3.8) is 0 Å². The molecule has 0 aliphatic heterocycles. The van der Waals surface area contributed by atoms with Crippen molar-refractivity contribution in [3.05, 3.63) is 0 Å². The number of alkyl carbamates (subject to hydrolysis) is 1. The zero-order chi connectivity index (χ0) is 14.5. The van der Waals surface area contributed by atoms with Crippen LogP contribution in [0.3, 0.4) is 0 Å². The van der Waals surface area contributed by atoms with Gasteiger partial charge in [-0.1, -0.05) is 19.3 Å². The van der Waals surface area contributed by atoms with Crippen molar-refractivity contribution in [1.82, 2.24) is 5.32 Å². The summed E-state index contributed by atoms with van der Waals surface area (Å²) in [5, 5.41) is 2.82. The van der Waals surface area contributed by atoms with Crippen LogP contribution in [-0.4, -0.2) is 30.8 Å². The van der Waals surface area contributed by atoms with Gasteiger partial charge in [0.1, 0.15) is 5.60 Å². The molecule has 5 heteroatoms. The van der Waals surface area contributed by atoms with E-state index in [0.29, 0.717) is 0 Å². The third-order valence-corrected chi connectivity index (χ3v) is 3.22. The summed E-state index contributed by atoms with van der Waals surface area (Å²) >= 11 is 0. The summed E-state index contributed by atoms with van der Waals surface area (Å²) < 4.78 is 10.1. The topological polar surface area (TPSA) is 64.6 Å². The minimum Gasteiger partial charge on any atom is -0.469 e. The Balaban J connectivity index is 2.65. The van der Waals surface area contributed by atoms with E-state index in [1.807, 2.05) is 20.8 Å². The van der Waals surface area contributed by atoms with Crippen LogP contribution >= 0.6 is 0 Å². The Kier molecular flexibility index (Phi) is 5.63.